The van der Waals surface area contributed by atoms with Crippen molar-refractivity contribution in [1.82, 2.24) is 4.90 Å². The van der Waals surface area contributed by atoms with E-state index in [2.05, 4.69) is 17.0 Å². The van der Waals surface area contributed by atoms with Gasteiger partial charge in [-0.25, -0.2) is 0 Å². The van der Waals surface area contributed by atoms with Crippen LogP contribution in [0.4, 0.5) is 0 Å². The van der Waals surface area contributed by atoms with Crippen molar-refractivity contribution in [3.8, 4) is 11.8 Å². The minimum atomic E-state index is -0.323. The van der Waals surface area contributed by atoms with Gasteiger partial charge in [0.15, 0.2) is 0 Å². The quantitative estimate of drug-likeness (QED) is 0.783. The topological polar surface area (TPSA) is 36.3 Å². The van der Waals surface area contributed by atoms with E-state index < -0.39 is 0 Å². The fraction of sp³-hybridized carbons (Fsp3) is 0.500. The maximum Gasteiger partial charge on any atom is 0.123 e. The second kappa shape index (κ2) is 5.70. The fourth-order valence-electron chi connectivity index (χ4n) is 1.89. The highest BCUT2D eigenvalue weighted by atomic mass is 16.5. The maximum atomic E-state index is 9.01. The molecule has 0 aliphatic rings. The predicted molar refractivity (Wildman–Crippen MR) is 68.7 cm³/mol. The van der Waals surface area contributed by atoms with Gasteiger partial charge in [-0.3, -0.25) is 0 Å². The zero-order valence-electron chi connectivity index (χ0n) is 11.0. The monoisotopic (exact) mass is 232 g/mol. The van der Waals surface area contributed by atoms with Crippen LogP contribution in [0, 0.1) is 16.7 Å². The Morgan fingerprint density at radius 1 is 1.35 bits per heavy atom. The van der Waals surface area contributed by atoms with E-state index in [0.717, 1.165) is 24.4 Å². The number of nitrogens with zero attached hydrogens (tertiary/aromatic N) is 2. The van der Waals surface area contributed by atoms with Crippen LogP contribution in [-0.4, -0.2) is 25.6 Å². The number of para-hydroxylation sites is 1. The summed E-state index contributed by atoms with van der Waals surface area (Å²) in [6, 6.07) is 10.3. The normalized spacial score (nSPS) is 11.3. The molecule has 0 saturated carbocycles. The Labute approximate surface area is 104 Å². The van der Waals surface area contributed by atoms with Crippen molar-refractivity contribution in [1.29, 1.82) is 5.26 Å². The second-order valence-electron chi connectivity index (χ2n) is 4.98. The van der Waals surface area contributed by atoms with E-state index in [4.69, 9.17) is 10.00 Å². The second-order valence-corrected chi connectivity index (χ2v) is 4.98. The van der Waals surface area contributed by atoms with Crippen LogP contribution < -0.4 is 4.74 Å². The molecule has 0 aliphatic heterocycles. The highest BCUT2D eigenvalue weighted by Crippen LogP contribution is 2.21. The minimum Gasteiger partial charge on any atom is -0.496 e. The molecule has 0 aliphatic carbocycles. The van der Waals surface area contributed by atoms with Gasteiger partial charge in [-0.05, 0) is 27.0 Å². The molecule has 0 atom stereocenters. The van der Waals surface area contributed by atoms with Crippen LogP contribution in [0.15, 0.2) is 24.3 Å². The fourth-order valence-corrected chi connectivity index (χ4v) is 1.89. The Morgan fingerprint density at radius 2 is 2.00 bits per heavy atom. The number of hydrogen-bond acceptors (Lipinski definition) is 3. The van der Waals surface area contributed by atoms with Gasteiger partial charge < -0.3 is 9.64 Å². The molecule has 0 radical (unpaired) electrons. The van der Waals surface area contributed by atoms with Gasteiger partial charge in [0, 0.05) is 18.7 Å². The van der Waals surface area contributed by atoms with Gasteiger partial charge in [-0.15, -0.1) is 0 Å². The molecule has 17 heavy (non-hydrogen) atoms. The van der Waals surface area contributed by atoms with Crippen LogP contribution >= 0.6 is 0 Å². The molecule has 1 aromatic carbocycles. The summed E-state index contributed by atoms with van der Waals surface area (Å²) in [5, 5.41) is 9.01. The average Bonchev–Trinajstić information content (AvgIpc) is 2.29. The number of hydrogen-bond donors (Lipinski definition) is 0. The van der Waals surface area contributed by atoms with Gasteiger partial charge in [-0.1, -0.05) is 18.2 Å². The third kappa shape index (κ3) is 4.08. The standard InChI is InChI=1S/C14H20N2O/c1-14(2,10-15)11-16(3)9-12-7-5-6-8-13(12)17-4/h5-8H,9,11H2,1-4H3. The van der Waals surface area contributed by atoms with Gasteiger partial charge in [0.25, 0.3) is 0 Å². The van der Waals surface area contributed by atoms with Gasteiger partial charge in [0.2, 0.25) is 0 Å². The molecule has 0 amide bonds. The smallest absolute Gasteiger partial charge is 0.123 e. The highest BCUT2D eigenvalue weighted by Gasteiger charge is 2.19. The third-order valence-corrected chi connectivity index (χ3v) is 2.60. The first-order valence-electron chi connectivity index (χ1n) is 5.70. The lowest BCUT2D eigenvalue weighted by Crippen LogP contribution is -2.30. The molecular weight excluding hydrogens is 212 g/mol. The van der Waals surface area contributed by atoms with Crippen molar-refractivity contribution in [2.24, 2.45) is 5.41 Å². The van der Waals surface area contributed by atoms with Crippen LogP contribution in [0.1, 0.15) is 19.4 Å². The molecule has 0 N–H and O–H groups in total. The summed E-state index contributed by atoms with van der Waals surface area (Å²) in [6.45, 7) is 5.42. The van der Waals surface area contributed by atoms with E-state index in [1.807, 2.05) is 39.1 Å². The number of ether oxygens (including phenoxy) is 1. The van der Waals surface area contributed by atoms with Gasteiger partial charge in [-0.2, -0.15) is 5.26 Å². The average molecular weight is 232 g/mol. The summed E-state index contributed by atoms with van der Waals surface area (Å²) in [4.78, 5) is 2.14. The molecule has 0 heterocycles. The van der Waals surface area contributed by atoms with Crippen LogP contribution in [0.5, 0.6) is 5.75 Å². The number of rotatable bonds is 5. The molecule has 0 saturated heterocycles. The molecule has 0 unspecified atom stereocenters. The molecule has 92 valence electrons. The Morgan fingerprint density at radius 3 is 2.59 bits per heavy atom. The van der Waals surface area contributed by atoms with Crippen LogP contribution in [0.3, 0.4) is 0 Å². The molecule has 1 rings (SSSR count). The number of methoxy groups -OCH3 is 1. The predicted octanol–water partition coefficient (Wildman–Crippen LogP) is 2.68. The van der Waals surface area contributed by atoms with Crippen molar-refractivity contribution in [2.45, 2.75) is 20.4 Å². The van der Waals surface area contributed by atoms with E-state index in [0.29, 0.717) is 0 Å². The lowest BCUT2D eigenvalue weighted by Gasteiger charge is -2.24. The van der Waals surface area contributed by atoms with Crippen molar-refractivity contribution in [2.75, 3.05) is 20.7 Å². The maximum absolute atomic E-state index is 9.01. The first kappa shape index (κ1) is 13.5. The van der Waals surface area contributed by atoms with E-state index >= 15 is 0 Å². The summed E-state index contributed by atoms with van der Waals surface area (Å²) in [5.41, 5.74) is 0.822. The molecule has 0 spiro atoms. The first-order chi connectivity index (χ1) is 7.98. The Bertz CT molecular complexity index is 407. The zero-order chi connectivity index (χ0) is 12.9. The van der Waals surface area contributed by atoms with Crippen LogP contribution in [0.2, 0.25) is 0 Å². The summed E-state index contributed by atoms with van der Waals surface area (Å²) in [6.07, 6.45) is 0. The first-order valence-corrected chi connectivity index (χ1v) is 5.70. The summed E-state index contributed by atoms with van der Waals surface area (Å²) in [7, 11) is 3.70. The zero-order valence-corrected chi connectivity index (χ0v) is 11.0. The SMILES string of the molecule is COc1ccccc1CN(C)CC(C)(C)C#N. The third-order valence-electron chi connectivity index (χ3n) is 2.60. The Kier molecular flexibility index (Phi) is 4.53. The van der Waals surface area contributed by atoms with E-state index in [1.54, 1.807) is 7.11 Å². The Hall–Kier alpha value is -1.53. The molecule has 3 nitrogen and oxygen atoms in total. The lowest BCUT2D eigenvalue weighted by molar-refractivity contribution is 0.245. The van der Waals surface area contributed by atoms with E-state index in [9.17, 15) is 0 Å². The van der Waals surface area contributed by atoms with E-state index in [-0.39, 0.29) is 5.41 Å². The van der Waals surface area contributed by atoms with Crippen molar-refractivity contribution >= 4 is 0 Å². The Balaban J connectivity index is 2.69. The molecule has 3 heteroatoms. The summed E-state index contributed by atoms with van der Waals surface area (Å²) >= 11 is 0. The molecule has 0 fully saturated rings. The number of benzene rings is 1. The van der Waals surface area contributed by atoms with Gasteiger partial charge >= 0.3 is 0 Å². The largest absolute Gasteiger partial charge is 0.496 e. The van der Waals surface area contributed by atoms with Gasteiger partial charge in [0.1, 0.15) is 5.75 Å². The molecule has 0 bridgehead atoms. The molecule has 1 aromatic rings. The molecule has 0 aromatic heterocycles. The van der Waals surface area contributed by atoms with Crippen molar-refractivity contribution in [3.63, 3.8) is 0 Å². The molecular formula is C14H20N2O. The summed E-state index contributed by atoms with van der Waals surface area (Å²) in [5.74, 6) is 0.897. The van der Waals surface area contributed by atoms with Crippen molar-refractivity contribution < 1.29 is 4.74 Å². The number of nitriles is 1. The summed E-state index contributed by atoms with van der Waals surface area (Å²) < 4.78 is 5.31. The van der Waals surface area contributed by atoms with Crippen LogP contribution in [0.25, 0.3) is 0 Å². The van der Waals surface area contributed by atoms with E-state index in [1.165, 1.54) is 0 Å². The van der Waals surface area contributed by atoms with Crippen molar-refractivity contribution in [3.05, 3.63) is 29.8 Å². The van der Waals surface area contributed by atoms with Gasteiger partial charge in [0.05, 0.1) is 18.6 Å². The highest BCUT2D eigenvalue weighted by molar-refractivity contribution is 5.33. The lowest BCUT2D eigenvalue weighted by atomic mass is 9.95. The van der Waals surface area contributed by atoms with Crippen LogP contribution in [-0.2, 0) is 6.54 Å². The minimum absolute atomic E-state index is 0.323.